The summed E-state index contributed by atoms with van der Waals surface area (Å²) in [5, 5.41) is 6.12. The van der Waals surface area contributed by atoms with Gasteiger partial charge in [-0.3, -0.25) is 19.2 Å². The van der Waals surface area contributed by atoms with Gasteiger partial charge in [-0.05, 0) is 57.2 Å². The van der Waals surface area contributed by atoms with Gasteiger partial charge in [-0.15, -0.1) is 0 Å². The van der Waals surface area contributed by atoms with Gasteiger partial charge in [-0.1, -0.05) is 29.8 Å². The van der Waals surface area contributed by atoms with Crippen molar-refractivity contribution in [3.05, 3.63) is 46.5 Å². The van der Waals surface area contributed by atoms with Crippen LogP contribution in [0, 0.1) is 6.92 Å². The van der Waals surface area contributed by atoms with Crippen molar-refractivity contribution in [2.24, 2.45) is 0 Å². The molecule has 3 amide bonds. The van der Waals surface area contributed by atoms with Crippen molar-refractivity contribution < 1.29 is 28.7 Å². The van der Waals surface area contributed by atoms with Crippen molar-refractivity contribution in [1.82, 2.24) is 15.5 Å². The van der Waals surface area contributed by atoms with E-state index in [0.29, 0.717) is 42.9 Å². The third kappa shape index (κ3) is 5.51. The van der Waals surface area contributed by atoms with Crippen molar-refractivity contribution in [2.45, 2.75) is 76.4 Å². The molecule has 3 aliphatic rings. The standard InChI is InChI=1S/C25H30ClN3O6/c1-3-34-25-19(13-21(30)35-25)28-23(32)20-11-10-16-6-4-5-7-18(24(33)29(16)20)27-22(31)17-12-15(26)9-8-14(17)2/h4-5,8-9,12,16,18-20,25H,3,6-7,10-11,13H2,1-2H3,(H,27,31)(H,28,32)/b5-4-/t16-,18+,19?,20+,25?/m1/s1. The first-order valence-electron chi connectivity index (χ1n) is 11.9. The minimum absolute atomic E-state index is 0.0148. The molecule has 0 spiro atoms. The molecular formula is C25H30ClN3O6. The van der Waals surface area contributed by atoms with Crippen molar-refractivity contribution in [3.8, 4) is 0 Å². The Balaban J connectivity index is 1.50. The normalized spacial score (nSPS) is 29.1. The highest BCUT2D eigenvalue weighted by molar-refractivity contribution is 6.31. The summed E-state index contributed by atoms with van der Waals surface area (Å²) in [7, 11) is 0. The van der Waals surface area contributed by atoms with E-state index in [-0.39, 0.29) is 24.3 Å². The smallest absolute Gasteiger partial charge is 0.310 e. The number of nitrogens with zero attached hydrogens (tertiary/aromatic N) is 1. The monoisotopic (exact) mass is 503 g/mol. The molecule has 5 atom stereocenters. The van der Waals surface area contributed by atoms with Gasteiger partial charge in [0.05, 0.1) is 6.42 Å². The fourth-order valence-electron chi connectivity index (χ4n) is 4.92. The minimum Gasteiger partial charge on any atom is -0.433 e. The maximum atomic E-state index is 13.6. The third-order valence-corrected chi connectivity index (χ3v) is 6.91. The third-order valence-electron chi connectivity index (χ3n) is 6.68. The van der Waals surface area contributed by atoms with Crippen LogP contribution in [-0.2, 0) is 23.9 Å². The number of ether oxygens (including phenoxy) is 2. The zero-order valence-electron chi connectivity index (χ0n) is 19.8. The number of amides is 3. The number of aryl methyl sites for hydroxylation is 1. The number of carbonyl (C=O) groups is 4. The molecule has 188 valence electrons. The first-order valence-corrected chi connectivity index (χ1v) is 12.3. The number of halogens is 1. The van der Waals surface area contributed by atoms with E-state index in [2.05, 4.69) is 10.6 Å². The van der Waals surface area contributed by atoms with Crippen LogP contribution in [-0.4, -0.2) is 65.7 Å². The minimum atomic E-state index is -0.840. The van der Waals surface area contributed by atoms with Crippen LogP contribution in [0.15, 0.2) is 30.4 Å². The molecule has 4 rings (SSSR count). The van der Waals surface area contributed by atoms with Crippen LogP contribution in [0.5, 0.6) is 0 Å². The highest BCUT2D eigenvalue weighted by Gasteiger charge is 2.45. The first-order chi connectivity index (χ1) is 16.8. The second kappa shape index (κ2) is 10.8. The Morgan fingerprint density at radius 3 is 2.71 bits per heavy atom. The number of hydrogen-bond acceptors (Lipinski definition) is 6. The zero-order valence-corrected chi connectivity index (χ0v) is 20.5. The van der Waals surface area contributed by atoms with Crippen molar-refractivity contribution in [2.75, 3.05) is 6.61 Å². The Labute approximate surface area is 209 Å². The van der Waals surface area contributed by atoms with Crippen LogP contribution in [0.25, 0.3) is 0 Å². The lowest BCUT2D eigenvalue weighted by Crippen LogP contribution is -2.57. The number of rotatable bonds is 6. The molecule has 2 unspecified atom stereocenters. The van der Waals surface area contributed by atoms with Crippen LogP contribution in [0.1, 0.15) is 54.9 Å². The Bertz CT molecular complexity index is 1040. The molecule has 0 aromatic heterocycles. The van der Waals surface area contributed by atoms with E-state index < -0.39 is 36.3 Å². The number of nitrogens with one attached hydrogen (secondary N) is 2. The Morgan fingerprint density at radius 1 is 1.17 bits per heavy atom. The van der Waals surface area contributed by atoms with Crippen LogP contribution >= 0.6 is 11.6 Å². The predicted octanol–water partition coefficient (Wildman–Crippen LogP) is 2.25. The summed E-state index contributed by atoms with van der Waals surface area (Å²) in [6.45, 7) is 3.91. The quantitative estimate of drug-likeness (QED) is 0.454. The number of esters is 1. The maximum absolute atomic E-state index is 13.6. The molecule has 2 N–H and O–H groups in total. The van der Waals surface area contributed by atoms with Gasteiger partial charge in [-0.2, -0.15) is 0 Å². The zero-order chi connectivity index (χ0) is 25.1. The average molecular weight is 504 g/mol. The molecule has 2 saturated heterocycles. The average Bonchev–Trinajstić information content (AvgIpc) is 3.38. The number of cyclic esters (lactones) is 1. The number of hydrogen-bond donors (Lipinski definition) is 2. The van der Waals surface area contributed by atoms with Crippen molar-refractivity contribution >= 4 is 35.3 Å². The maximum Gasteiger partial charge on any atom is 0.310 e. The molecule has 3 heterocycles. The van der Waals surface area contributed by atoms with E-state index in [1.165, 1.54) is 0 Å². The van der Waals surface area contributed by atoms with Gasteiger partial charge in [-0.25, -0.2) is 0 Å². The topological polar surface area (TPSA) is 114 Å². The summed E-state index contributed by atoms with van der Waals surface area (Å²) < 4.78 is 10.6. The summed E-state index contributed by atoms with van der Waals surface area (Å²) in [6.07, 6.45) is 5.17. The lowest BCUT2D eigenvalue weighted by atomic mass is 10.0. The summed E-state index contributed by atoms with van der Waals surface area (Å²) >= 11 is 6.07. The summed E-state index contributed by atoms with van der Waals surface area (Å²) in [5.41, 5.74) is 1.14. The lowest BCUT2D eigenvalue weighted by molar-refractivity contribution is -0.164. The van der Waals surface area contributed by atoms with E-state index in [1.54, 1.807) is 36.9 Å². The van der Waals surface area contributed by atoms with Gasteiger partial charge in [0.25, 0.3) is 5.91 Å². The highest BCUT2D eigenvalue weighted by Crippen LogP contribution is 2.30. The largest absolute Gasteiger partial charge is 0.433 e. The molecule has 35 heavy (non-hydrogen) atoms. The molecule has 1 aromatic carbocycles. The SMILES string of the molecule is CCOC1OC(=O)CC1NC(=O)[C@@H]1CC[C@H]2C/C=C\C[C@H](NC(=O)c3cc(Cl)ccc3C)C(=O)N21. The first kappa shape index (κ1) is 25.2. The summed E-state index contributed by atoms with van der Waals surface area (Å²) in [6, 6.07) is 2.75. The molecule has 0 saturated carbocycles. The van der Waals surface area contributed by atoms with Crippen LogP contribution in [0.3, 0.4) is 0 Å². The molecule has 3 aliphatic heterocycles. The highest BCUT2D eigenvalue weighted by atomic mass is 35.5. The molecule has 9 nitrogen and oxygen atoms in total. The van der Waals surface area contributed by atoms with E-state index in [9.17, 15) is 19.2 Å². The van der Waals surface area contributed by atoms with Gasteiger partial charge in [0.2, 0.25) is 18.1 Å². The Kier molecular flexibility index (Phi) is 7.76. The molecule has 2 fully saturated rings. The van der Waals surface area contributed by atoms with E-state index in [4.69, 9.17) is 21.1 Å². The number of fused-ring (bicyclic) bond motifs is 1. The Morgan fingerprint density at radius 2 is 1.94 bits per heavy atom. The fourth-order valence-corrected chi connectivity index (χ4v) is 5.09. The molecule has 0 radical (unpaired) electrons. The van der Waals surface area contributed by atoms with Crippen molar-refractivity contribution in [1.29, 1.82) is 0 Å². The van der Waals surface area contributed by atoms with Crippen molar-refractivity contribution in [3.63, 3.8) is 0 Å². The fraction of sp³-hybridized carbons (Fsp3) is 0.520. The van der Waals surface area contributed by atoms with E-state index >= 15 is 0 Å². The van der Waals surface area contributed by atoms with E-state index in [1.807, 2.05) is 12.2 Å². The van der Waals surface area contributed by atoms with Crippen LogP contribution in [0.2, 0.25) is 5.02 Å². The second-order valence-electron chi connectivity index (χ2n) is 9.05. The van der Waals surface area contributed by atoms with Crippen LogP contribution in [0.4, 0.5) is 0 Å². The van der Waals surface area contributed by atoms with Gasteiger partial charge < -0.3 is 25.0 Å². The van der Waals surface area contributed by atoms with E-state index in [0.717, 1.165) is 5.56 Å². The van der Waals surface area contributed by atoms with Gasteiger partial charge >= 0.3 is 5.97 Å². The van der Waals surface area contributed by atoms with Crippen LogP contribution < -0.4 is 10.6 Å². The summed E-state index contributed by atoms with van der Waals surface area (Å²) in [5.74, 6) is -1.49. The van der Waals surface area contributed by atoms with Gasteiger partial charge in [0.15, 0.2) is 0 Å². The number of carbonyl (C=O) groups excluding carboxylic acids is 4. The van der Waals surface area contributed by atoms with Gasteiger partial charge in [0, 0.05) is 23.2 Å². The predicted molar refractivity (Wildman–Crippen MR) is 128 cm³/mol. The van der Waals surface area contributed by atoms with Gasteiger partial charge in [0.1, 0.15) is 18.1 Å². The summed E-state index contributed by atoms with van der Waals surface area (Å²) in [4.78, 5) is 53.2. The second-order valence-corrected chi connectivity index (χ2v) is 9.49. The molecule has 1 aromatic rings. The molecule has 0 aliphatic carbocycles. The Hall–Kier alpha value is -2.91. The molecule has 0 bridgehead atoms. The lowest BCUT2D eigenvalue weighted by Gasteiger charge is -2.34. The number of benzene rings is 1. The molecule has 10 heteroatoms. The molecular weight excluding hydrogens is 474 g/mol.